The van der Waals surface area contributed by atoms with Gasteiger partial charge in [-0.15, -0.1) is 11.3 Å². The summed E-state index contributed by atoms with van der Waals surface area (Å²) in [5.74, 6) is 1.39. The van der Waals surface area contributed by atoms with Crippen molar-refractivity contribution in [2.24, 2.45) is 18.4 Å². The topological polar surface area (TPSA) is 41.4 Å². The minimum absolute atomic E-state index is 0.232. The predicted molar refractivity (Wildman–Crippen MR) is 111 cm³/mol. The fourth-order valence-electron chi connectivity index (χ4n) is 5.39. The van der Waals surface area contributed by atoms with E-state index in [0.717, 1.165) is 51.5 Å². The first-order valence-electron chi connectivity index (χ1n) is 10.6. The molecule has 5 rings (SSSR count). The highest BCUT2D eigenvalue weighted by Gasteiger charge is 2.56. The third-order valence-electron chi connectivity index (χ3n) is 6.94. The number of rotatable bonds is 5. The van der Waals surface area contributed by atoms with E-state index in [1.807, 2.05) is 29.3 Å². The highest BCUT2D eigenvalue weighted by molar-refractivity contribution is 7.11. The van der Waals surface area contributed by atoms with Crippen molar-refractivity contribution in [1.82, 2.24) is 19.6 Å². The molecular weight excluding hydrogens is 368 g/mol. The Morgan fingerprint density at radius 1 is 1.29 bits per heavy atom. The molecule has 2 aromatic heterocycles. The Morgan fingerprint density at radius 3 is 2.82 bits per heavy atom. The summed E-state index contributed by atoms with van der Waals surface area (Å²) in [7, 11) is 2.02. The van der Waals surface area contributed by atoms with Crippen molar-refractivity contribution in [1.29, 1.82) is 0 Å². The summed E-state index contributed by atoms with van der Waals surface area (Å²) in [5.41, 5.74) is 0.930. The molecule has 1 saturated carbocycles. The molecule has 0 aromatic carbocycles. The number of piperidine rings is 1. The van der Waals surface area contributed by atoms with E-state index in [4.69, 9.17) is 0 Å². The van der Waals surface area contributed by atoms with E-state index < -0.39 is 0 Å². The van der Waals surface area contributed by atoms with Crippen LogP contribution >= 0.6 is 11.3 Å². The number of hydrogen-bond acceptors (Lipinski definition) is 4. The molecule has 3 fully saturated rings. The summed E-state index contributed by atoms with van der Waals surface area (Å²) in [6, 6.07) is 6.57. The lowest BCUT2D eigenvalue weighted by atomic mass is 9.70. The van der Waals surface area contributed by atoms with Crippen molar-refractivity contribution >= 4 is 17.2 Å². The lowest BCUT2D eigenvalue weighted by Crippen LogP contribution is -2.52. The minimum atomic E-state index is -0.284. The molecule has 0 N–H and O–H groups in total. The molecule has 0 radical (unpaired) electrons. The van der Waals surface area contributed by atoms with Crippen LogP contribution in [0, 0.1) is 18.3 Å². The molecule has 6 heteroatoms. The maximum atomic E-state index is 13.8. The number of aryl methyl sites for hydroxylation is 2. The molecule has 1 aliphatic carbocycles. The van der Waals surface area contributed by atoms with Crippen molar-refractivity contribution < 1.29 is 4.79 Å². The number of nitrogens with zero attached hydrogens (tertiary/aromatic N) is 4. The Hall–Kier alpha value is -1.66. The van der Waals surface area contributed by atoms with Gasteiger partial charge in [-0.2, -0.15) is 5.10 Å². The van der Waals surface area contributed by atoms with Crippen LogP contribution in [0.3, 0.4) is 0 Å². The van der Waals surface area contributed by atoms with Crippen molar-refractivity contribution in [3.05, 3.63) is 39.8 Å². The number of likely N-dealkylation sites (tertiary alicyclic amines) is 2. The van der Waals surface area contributed by atoms with Gasteiger partial charge in [-0.3, -0.25) is 14.4 Å². The van der Waals surface area contributed by atoms with E-state index in [1.165, 1.54) is 28.3 Å². The summed E-state index contributed by atoms with van der Waals surface area (Å²) >= 11 is 1.87. The predicted octanol–water partition coefficient (Wildman–Crippen LogP) is 3.41. The fourth-order valence-corrected chi connectivity index (χ4v) is 6.32. The second kappa shape index (κ2) is 6.99. The van der Waals surface area contributed by atoms with Gasteiger partial charge < -0.3 is 4.90 Å². The molecule has 2 unspecified atom stereocenters. The molecule has 2 aliphatic heterocycles. The first-order chi connectivity index (χ1) is 13.5. The first kappa shape index (κ1) is 18.4. The fraction of sp³-hybridized carbons (Fsp3) is 0.636. The van der Waals surface area contributed by atoms with Gasteiger partial charge in [0, 0.05) is 67.3 Å². The average molecular weight is 399 g/mol. The zero-order chi connectivity index (χ0) is 19.3. The molecule has 150 valence electrons. The Bertz CT molecular complexity index is 870. The summed E-state index contributed by atoms with van der Waals surface area (Å²) < 4.78 is 1.98. The number of amides is 1. The number of carbonyl (C=O) groups is 1. The molecule has 1 amide bonds. The Kier molecular flexibility index (Phi) is 4.59. The zero-order valence-corrected chi connectivity index (χ0v) is 17.7. The van der Waals surface area contributed by atoms with Crippen molar-refractivity contribution in [3.8, 4) is 0 Å². The van der Waals surface area contributed by atoms with Crippen LogP contribution in [0.4, 0.5) is 0 Å². The number of thiophene rings is 1. The molecule has 28 heavy (non-hydrogen) atoms. The minimum Gasteiger partial charge on any atom is -0.342 e. The molecular formula is C22H30N4OS. The lowest BCUT2D eigenvalue weighted by molar-refractivity contribution is -0.147. The maximum Gasteiger partial charge on any atom is 0.230 e. The van der Waals surface area contributed by atoms with Crippen molar-refractivity contribution in [2.75, 3.05) is 26.2 Å². The van der Waals surface area contributed by atoms with Crippen LogP contribution in [0.1, 0.15) is 47.0 Å². The number of carbonyl (C=O) groups excluding carboxylic acids is 1. The summed E-state index contributed by atoms with van der Waals surface area (Å²) in [6.07, 6.45) is 6.60. The van der Waals surface area contributed by atoms with Gasteiger partial charge in [-0.25, -0.2) is 0 Å². The first-order valence-corrected chi connectivity index (χ1v) is 11.4. The van der Waals surface area contributed by atoms with Gasteiger partial charge in [0.1, 0.15) is 0 Å². The van der Waals surface area contributed by atoms with Gasteiger partial charge in [0.15, 0.2) is 0 Å². The van der Waals surface area contributed by atoms with E-state index in [2.05, 4.69) is 40.0 Å². The molecule has 2 aromatic rings. The third kappa shape index (κ3) is 3.20. The lowest BCUT2D eigenvalue weighted by Gasteiger charge is -2.42. The summed E-state index contributed by atoms with van der Waals surface area (Å²) in [6.45, 7) is 6.85. The van der Waals surface area contributed by atoms with E-state index in [-0.39, 0.29) is 11.3 Å². The zero-order valence-electron chi connectivity index (χ0n) is 16.9. The molecule has 2 atom stereocenters. The number of hydrogen-bond donors (Lipinski definition) is 0. The molecule has 3 aliphatic rings. The van der Waals surface area contributed by atoms with Gasteiger partial charge in [0.25, 0.3) is 0 Å². The third-order valence-corrected chi connectivity index (χ3v) is 7.93. The Balaban J connectivity index is 1.45. The molecule has 2 saturated heterocycles. The van der Waals surface area contributed by atoms with Gasteiger partial charge in [0.2, 0.25) is 5.91 Å². The van der Waals surface area contributed by atoms with Crippen LogP contribution in [-0.2, 0) is 18.4 Å². The quantitative estimate of drug-likeness (QED) is 0.775. The van der Waals surface area contributed by atoms with Crippen LogP contribution in [0.25, 0.3) is 0 Å². The van der Waals surface area contributed by atoms with Crippen LogP contribution in [0.2, 0.25) is 0 Å². The SMILES string of the molecule is Cc1ccc(CN2CC(c3ccnn3C)C3(CCCN(CC4CC4)C3=O)C2)s1. The van der Waals surface area contributed by atoms with Crippen LogP contribution in [0.5, 0.6) is 0 Å². The van der Waals surface area contributed by atoms with E-state index in [9.17, 15) is 4.79 Å². The molecule has 5 nitrogen and oxygen atoms in total. The van der Waals surface area contributed by atoms with E-state index in [1.54, 1.807) is 0 Å². The van der Waals surface area contributed by atoms with Crippen LogP contribution in [0.15, 0.2) is 24.4 Å². The van der Waals surface area contributed by atoms with E-state index in [0.29, 0.717) is 5.91 Å². The van der Waals surface area contributed by atoms with Crippen molar-refractivity contribution in [2.45, 2.75) is 45.1 Å². The molecule has 0 bridgehead atoms. The molecule has 1 spiro atoms. The Labute approximate surface area is 171 Å². The maximum absolute atomic E-state index is 13.8. The second-order valence-electron chi connectivity index (χ2n) is 9.07. The highest BCUT2D eigenvalue weighted by atomic mass is 32.1. The average Bonchev–Trinajstić information content (AvgIpc) is 3.05. The van der Waals surface area contributed by atoms with Gasteiger partial charge in [0.05, 0.1) is 5.41 Å². The summed E-state index contributed by atoms with van der Waals surface area (Å²) in [4.78, 5) is 21.3. The largest absolute Gasteiger partial charge is 0.342 e. The highest BCUT2D eigenvalue weighted by Crippen LogP contribution is 2.50. The second-order valence-corrected chi connectivity index (χ2v) is 10.4. The van der Waals surface area contributed by atoms with Crippen LogP contribution in [-0.4, -0.2) is 51.7 Å². The molecule has 4 heterocycles. The smallest absolute Gasteiger partial charge is 0.230 e. The Morgan fingerprint density at radius 2 is 2.14 bits per heavy atom. The monoisotopic (exact) mass is 398 g/mol. The van der Waals surface area contributed by atoms with Gasteiger partial charge in [-0.05, 0) is 56.7 Å². The van der Waals surface area contributed by atoms with Crippen molar-refractivity contribution in [3.63, 3.8) is 0 Å². The van der Waals surface area contributed by atoms with Gasteiger partial charge >= 0.3 is 0 Å². The van der Waals surface area contributed by atoms with E-state index >= 15 is 0 Å². The standard InChI is InChI=1S/C22H30N4OS/c1-16-4-7-18(28-16)13-25-14-19(20-8-10-23-24(20)2)22(15-25)9-3-11-26(21(22)27)12-17-5-6-17/h4,7-8,10,17,19H,3,5-6,9,11-15H2,1-2H3. The normalized spacial score (nSPS) is 28.6. The number of aromatic nitrogens is 2. The van der Waals surface area contributed by atoms with Gasteiger partial charge in [-0.1, -0.05) is 0 Å². The summed E-state index contributed by atoms with van der Waals surface area (Å²) in [5, 5.41) is 4.43. The van der Waals surface area contributed by atoms with Crippen LogP contribution < -0.4 is 0 Å².